The summed E-state index contributed by atoms with van der Waals surface area (Å²) in [5, 5.41) is 16.6. The molecule has 0 aliphatic rings. The normalized spacial score (nSPS) is 10.5. The first-order valence-corrected chi connectivity index (χ1v) is 4.87. The highest BCUT2D eigenvalue weighted by molar-refractivity contribution is 5.59. The van der Waals surface area contributed by atoms with E-state index in [0.717, 1.165) is 11.3 Å². The Hall–Kier alpha value is -1.68. The first kappa shape index (κ1) is 9.86. The fourth-order valence-corrected chi connectivity index (χ4v) is 1.55. The summed E-state index contributed by atoms with van der Waals surface area (Å²) in [5.74, 6) is 0. The molecule has 0 unspecified atom stereocenters. The van der Waals surface area contributed by atoms with Crippen molar-refractivity contribution in [1.82, 2.24) is 15.0 Å². The van der Waals surface area contributed by atoms with Crippen LogP contribution in [0.2, 0.25) is 0 Å². The van der Waals surface area contributed by atoms with Crippen molar-refractivity contribution in [2.75, 3.05) is 6.61 Å². The lowest BCUT2D eigenvalue weighted by molar-refractivity contribution is 0.269. The van der Waals surface area contributed by atoms with Crippen molar-refractivity contribution in [3.63, 3.8) is 0 Å². The van der Waals surface area contributed by atoms with Gasteiger partial charge in [0.2, 0.25) is 0 Å². The van der Waals surface area contributed by atoms with Crippen molar-refractivity contribution >= 4 is 0 Å². The Morgan fingerprint density at radius 3 is 3.00 bits per heavy atom. The van der Waals surface area contributed by atoms with Gasteiger partial charge in [0.15, 0.2) is 0 Å². The van der Waals surface area contributed by atoms with Gasteiger partial charge in [0.25, 0.3) is 0 Å². The van der Waals surface area contributed by atoms with Crippen LogP contribution in [0.15, 0.2) is 30.5 Å². The minimum absolute atomic E-state index is 0.0716. The minimum atomic E-state index is 0.0716. The summed E-state index contributed by atoms with van der Waals surface area (Å²) < 4.78 is 1.70. The summed E-state index contributed by atoms with van der Waals surface area (Å²) in [6.45, 7) is 2.59. The van der Waals surface area contributed by atoms with Gasteiger partial charge in [-0.2, -0.15) is 0 Å². The molecule has 0 fully saturated rings. The molecule has 2 aromatic rings. The van der Waals surface area contributed by atoms with E-state index in [1.54, 1.807) is 10.9 Å². The quantitative estimate of drug-likeness (QED) is 0.816. The molecule has 0 spiro atoms. The van der Waals surface area contributed by atoms with Gasteiger partial charge < -0.3 is 5.11 Å². The number of hydrogen-bond donors (Lipinski definition) is 1. The monoisotopic (exact) mass is 203 g/mol. The van der Waals surface area contributed by atoms with Gasteiger partial charge in [0.05, 0.1) is 25.0 Å². The van der Waals surface area contributed by atoms with E-state index in [-0.39, 0.29) is 6.61 Å². The number of aromatic nitrogens is 3. The smallest absolute Gasteiger partial charge is 0.0886 e. The average Bonchev–Trinajstić information content (AvgIpc) is 2.66. The lowest BCUT2D eigenvalue weighted by Crippen LogP contribution is -2.05. The second-order valence-electron chi connectivity index (χ2n) is 3.44. The van der Waals surface area contributed by atoms with Gasteiger partial charge >= 0.3 is 0 Å². The van der Waals surface area contributed by atoms with Crippen LogP contribution in [-0.2, 0) is 6.54 Å². The molecule has 4 heteroatoms. The van der Waals surface area contributed by atoms with Crippen molar-refractivity contribution in [1.29, 1.82) is 0 Å². The molecule has 1 aromatic carbocycles. The summed E-state index contributed by atoms with van der Waals surface area (Å²) >= 11 is 0. The highest BCUT2D eigenvalue weighted by Gasteiger charge is 2.05. The van der Waals surface area contributed by atoms with Crippen LogP contribution < -0.4 is 0 Å². The minimum Gasteiger partial charge on any atom is -0.394 e. The number of aliphatic hydroxyl groups excluding tert-OH is 1. The van der Waals surface area contributed by atoms with Crippen molar-refractivity contribution in [2.45, 2.75) is 13.5 Å². The molecule has 0 amide bonds. The van der Waals surface area contributed by atoms with Crippen LogP contribution in [0.5, 0.6) is 0 Å². The van der Waals surface area contributed by atoms with Crippen LogP contribution in [0.25, 0.3) is 11.3 Å². The maximum absolute atomic E-state index is 8.88. The maximum atomic E-state index is 8.88. The molecule has 1 heterocycles. The molecule has 0 saturated carbocycles. The fraction of sp³-hybridized carbons (Fsp3) is 0.273. The number of benzene rings is 1. The lowest BCUT2D eigenvalue weighted by atomic mass is 10.1. The molecule has 4 nitrogen and oxygen atoms in total. The molecule has 0 aliphatic heterocycles. The second kappa shape index (κ2) is 4.23. The van der Waals surface area contributed by atoms with E-state index in [2.05, 4.69) is 16.4 Å². The molecular formula is C11H13N3O. The molecule has 15 heavy (non-hydrogen) atoms. The number of nitrogens with zero attached hydrogens (tertiary/aromatic N) is 3. The van der Waals surface area contributed by atoms with Crippen molar-refractivity contribution in [3.8, 4) is 11.3 Å². The molecule has 0 aliphatic carbocycles. The van der Waals surface area contributed by atoms with Crippen molar-refractivity contribution in [3.05, 3.63) is 36.0 Å². The molecule has 1 N–H and O–H groups in total. The van der Waals surface area contributed by atoms with Crippen molar-refractivity contribution in [2.24, 2.45) is 0 Å². The third kappa shape index (κ3) is 2.05. The predicted octanol–water partition coefficient (Wildman–Crippen LogP) is 1.25. The first-order chi connectivity index (χ1) is 7.31. The van der Waals surface area contributed by atoms with Crippen LogP contribution in [0.4, 0.5) is 0 Å². The Labute approximate surface area is 88.2 Å². The zero-order chi connectivity index (χ0) is 10.7. The number of aliphatic hydroxyl groups is 1. The van der Waals surface area contributed by atoms with Crippen LogP contribution in [-0.4, -0.2) is 26.7 Å². The van der Waals surface area contributed by atoms with Crippen LogP contribution in [0, 0.1) is 6.92 Å². The van der Waals surface area contributed by atoms with E-state index in [1.807, 2.05) is 25.1 Å². The van der Waals surface area contributed by atoms with E-state index in [0.29, 0.717) is 6.54 Å². The van der Waals surface area contributed by atoms with Gasteiger partial charge in [0.1, 0.15) is 0 Å². The Morgan fingerprint density at radius 1 is 1.40 bits per heavy atom. The third-order valence-electron chi connectivity index (χ3n) is 2.24. The topological polar surface area (TPSA) is 50.9 Å². The second-order valence-corrected chi connectivity index (χ2v) is 3.44. The third-order valence-corrected chi connectivity index (χ3v) is 2.24. The van der Waals surface area contributed by atoms with Crippen LogP contribution >= 0.6 is 0 Å². The fourth-order valence-electron chi connectivity index (χ4n) is 1.55. The molecule has 2 rings (SSSR count). The summed E-state index contributed by atoms with van der Waals surface area (Å²) in [6, 6.07) is 8.14. The Morgan fingerprint density at radius 2 is 2.27 bits per heavy atom. The zero-order valence-electron chi connectivity index (χ0n) is 8.59. The van der Waals surface area contributed by atoms with Crippen molar-refractivity contribution < 1.29 is 5.11 Å². The summed E-state index contributed by atoms with van der Waals surface area (Å²) in [5.41, 5.74) is 3.21. The Kier molecular flexibility index (Phi) is 2.78. The first-order valence-electron chi connectivity index (χ1n) is 4.87. The van der Waals surface area contributed by atoms with Crippen LogP contribution in [0.1, 0.15) is 5.56 Å². The standard InChI is InChI=1S/C11H13N3O/c1-9-3-2-4-10(7-9)11-8-12-13-14(11)5-6-15/h2-4,7-8,15H,5-6H2,1H3. The summed E-state index contributed by atoms with van der Waals surface area (Å²) in [7, 11) is 0. The summed E-state index contributed by atoms with van der Waals surface area (Å²) in [6.07, 6.45) is 1.71. The lowest BCUT2D eigenvalue weighted by Gasteiger charge is -2.04. The van der Waals surface area contributed by atoms with Gasteiger partial charge in [-0.3, -0.25) is 0 Å². The molecular weight excluding hydrogens is 190 g/mol. The highest BCUT2D eigenvalue weighted by Crippen LogP contribution is 2.18. The number of aryl methyl sites for hydroxylation is 1. The molecule has 0 bridgehead atoms. The van der Waals surface area contributed by atoms with Crippen LogP contribution in [0.3, 0.4) is 0 Å². The molecule has 0 atom stereocenters. The van der Waals surface area contributed by atoms with E-state index in [4.69, 9.17) is 5.11 Å². The SMILES string of the molecule is Cc1cccc(-c2cnnn2CCO)c1. The molecule has 78 valence electrons. The van der Waals surface area contributed by atoms with Gasteiger partial charge in [-0.05, 0) is 13.0 Å². The largest absolute Gasteiger partial charge is 0.394 e. The van der Waals surface area contributed by atoms with E-state index >= 15 is 0 Å². The Balaban J connectivity index is 2.40. The molecule has 0 saturated heterocycles. The average molecular weight is 203 g/mol. The zero-order valence-corrected chi connectivity index (χ0v) is 8.59. The maximum Gasteiger partial charge on any atom is 0.0886 e. The van der Waals surface area contributed by atoms with Gasteiger partial charge in [-0.15, -0.1) is 5.10 Å². The summed E-state index contributed by atoms with van der Waals surface area (Å²) in [4.78, 5) is 0. The van der Waals surface area contributed by atoms with E-state index < -0.39 is 0 Å². The Bertz CT molecular complexity index is 451. The molecule has 0 radical (unpaired) electrons. The number of rotatable bonds is 3. The predicted molar refractivity (Wildman–Crippen MR) is 57.3 cm³/mol. The van der Waals surface area contributed by atoms with E-state index in [9.17, 15) is 0 Å². The van der Waals surface area contributed by atoms with E-state index in [1.165, 1.54) is 5.56 Å². The van der Waals surface area contributed by atoms with Gasteiger partial charge in [-0.25, -0.2) is 4.68 Å². The van der Waals surface area contributed by atoms with Gasteiger partial charge in [-0.1, -0.05) is 29.0 Å². The molecule has 1 aromatic heterocycles. The number of hydrogen-bond acceptors (Lipinski definition) is 3. The highest BCUT2D eigenvalue weighted by atomic mass is 16.3. The van der Waals surface area contributed by atoms with Gasteiger partial charge in [0, 0.05) is 5.56 Å².